The first-order valence-corrected chi connectivity index (χ1v) is 14.3. The van der Waals surface area contributed by atoms with E-state index in [1.807, 2.05) is 61.5 Å². The number of phenolic OH excluding ortho intramolecular Hbond substituents is 1. The van der Waals surface area contributed by atoms with Gasteiger partial charge in [-0.25, -0.2) is 4.79 Å². The third-order valence-corrected chi connectivity index (χ3v) is 7.77. The third-order valence-electron chi connectivity index (χ3n) is 7.77. The normalized spacial score (nSPS) is 13.8. The highest BCUT2D eigenvalue weighted by molar-refractivity contribution is 6.04. The summed E-state index contributed by atoms with van der Waals surface area (Å²) in [4.78, 5) is 26.1. The summed E-state index contributed by atoms with van der Waals surface area (Å²) in [6, 6.07) is 22.2. The summed E-state index contributed by atoms with van der Waals surface area (Å²) in [6.07, 6.45) is 4.25. The van der Waals surface area contributed by atoms with Crippen molar-refractivity contribution < 1.29 is 14.7 Å². The van der Waals surface area contributed by atoms with Gasteiger partial charge in [0.05, 0.1) is 11.4 Å². The molecule has 3 aromatic carbocycles. The van der Waals surface area contributed by atoms with Crippen LogP contribution in [-0.4, -0.2) is 26.8 Å². The number of hydrogen-bond acceptors (Lipinski definition) is 4. The minimum Gasteiger partial charge on any atom is -0.507 e. The zero-order valence-electron chi connectivity index (χ0n) is 24.2. The molecule has 7 nitrogen and oxygen atoms in total. The van der Waals surface area contributed by atoms with Crippen molar-refractivity contribution in [1.29, 1.82) is 0 Å². The Balaban J connectivity index is 1.35. The van der Waals surface area contributed by atoms with Crippen molar-refractivity contribution in [3.05, 3.63) is 101 Å². The van der Waals surface area contributed by atoms with Gasteiger partial charge in [0.2, 0.25) is 0 Å². The molecule has 0 unspecified atom stereocenters. The first-order chi connectivity index (χ1) is 19.6. The molecule has 1 saturated carbocycles. The van der Waals surface area contributed by atoms with Gasteiger partial charge in [0.15, 0.2) is 0 Å². The average molecular weight is 551 g/mol. The van der Waals surface area contributed by atoms with Gasteiger partial charge in [-0.15, -0.1) is 0 Å². The molecule has 2 amide bonds. The Hall–Kier alpha value is -4.39. The van der Waals surface area contributed by atoms with Crippen LogP contribution in [0.5, 0.6) is 5.75 Å². The Kier molecular flexibility index (Phi) is 7.97. The molecular weight excluding hydrogens is 512 g/mol. The molecule has 1 aliphatic carbocycles. The number of nitrogens with one attached hydrogen (secondary N) is 2. The van der Waals surface area contributed by atoms with E-state index in [0.29, 0.717) is 29.1 Å². The smallest absolute Gasteiger partial charge is 0.342 e. The molecule has 41 heavy (non-hydrogen) atoms. The summed E-state index contributed by atoms with van der Waals surface area (Å²) in [5, 5.41) is 21.4. The van der Waals surface area contributed by atoms with Gasteiger partial charge in [-0.2, -0.15) is 9.78 Å². The highest BCUT2D eigenvalue weighted by atomic mass is 16.3. The SMILES string of the molecule is Cc1cccc(CNC(=O)n2nc(-c3ccc(NC(=O)c4ccc(C(C)(C)C)cc4)cc3O)cc2C2CCCC2)c1. The second-order valence-corrected chi connectivity index (χ2v) is 12.0. The molecular formula is C34H38N4O3. The minimum atomic E-state index is -0.291. The maximum Gasteiger partial charge on any atom is 0.342 e. The van der Waals surface area contributed by atoms with Crippen LogP contribution in [-0.2, 0) is 12.0 Å². The van der Waals surface area contributed by atoms with Gasteiger partial charge >= 0.3 is 6.03 Å². The largest absolute Gasteiger partial charge is 0.507 e. The number of aryl methyl sites for hydroxylation is 1. The first kappa shape index (κ1) is 28.1. The number of rotatable bonds is 6. The van der Waals surface area contributed by atoms with Crippen molar-refractivity contribution in [2.75, 3.05) is 5.32 Å². The molecule has 0 bridgehead atoms. The molecule has 1 aliphatic rings. The molecule has 0 saturated heterocycles. The quantitative estimate of drug-likeness (QED) is 0.231. The van der Waals surface area contributed by atoms with E-state index in [-0.39, 0.29) is 29.0 Å². The molecule has 0 atom stereocenters. The summed E-state index contributed by atoms with van der Waals surface area (Å²) < 4.78 is 1.46. The molecule has 1 fully saturated rings. The summed E-state index contributed by atoms with van der Waals surface area (Å²) in [5.74, 6) is -0.0318. The molecule has 1 aromatic heterocycles. The van der Waals surface area contributed by atoms with Gasteiger partial charge in [-0.1, -0.05) is 75.6 Å². The maximum absolute atomic E-state index is 13.3. The van der Waals surface area contributed by atoms with Crippen LogP contribution < -0.4 is 10.6 Å². The highest BCUT2D eigenvalue weighted by Crippen LogP contribution is 2.38. The predicted octanol–water partition coefficient (Wildman–Crippen LogP) is 7.53. The Morgan fingerprint density at radius 2 is 1.71 bits per heavy atom. The van der Waals surface area contributed by atoms with E-state index in [1.54, 1.807) is 12.1 Å². The Labute approximate surface area is 241 Å². The van der Waals surface area contributed by atoms with Crippen molar-refractivity contribution in [2.24, 2.45) is 0 Å². The predicted molar refractivity (Wildman–Crippen MR) is 162 cm³/mol. The fraction of sp³-hybridized carbons (Fsp3) is 0.324. The van der Waals surface area contributed by atoms with Crippen LogP contribution in [0.1, 0.15) is 85.1 Å². The van der Waals surface area contributed by atoms with E-state index in [9.17, 15) is 14.7 Å². The first-order valence-electron chi connectivity index (χ1n) is 14.3. The number of benzene rings is 3. The van der Waals surface area contributed by atoms with Crippen molar-refractivity contribution in [1.82, 2.24) is 15.1 Å². The standard InChI is InChI=1S/C34H38N4O3/c1-22-8-7-9-23(18-22)21-35-33(41)38-30(24-10-5-6-11-24)20-29(37-38)28-17-16-27(19-31(28)39)36-32(40)25-12-14-26(15-13-25)34(2,3)4/h7-9,12-20,24,39H,5-6,10-11,21H2,1-4H3,(H,35,41)(H,36,40). The van der Waals surface area contributed by atoms with Crippen molar-refractivity contribution in [3.63, 3.8) is 0 Å². The number of amides is 2. The lowest BCUT2D eigenvalue weighted by Gasteiger charge is -2.19. The van der Waals surface area contributed by atoms with Crippen LogP contribution in [0.3, 0.4) is 0 Å². The second kappa shape index (κ2) is 11.6. The van der Waals surface area contributed by atoms with Crippen molar-refractivity contribution in [2.45, 2.75) is 71.3 Å². The average Bonchev–Trinajstić information content (AvgIpc) is 3.62. The number of aromatic hydroxyl groups is 1. The zero-order valence-corrected chi connectivity index (χ0v) is 24.2. The molecule has 5 rings (SSSR count). The number of phenols is 1. The van der Waals surface area contributed by atoms with Crippen LogP contribution in [0.4, 0.5) is 10.5 Å². The Bertz CT molecular complexity index is 1560. The van der Waals surface area contributed by atoms with Gasteiger partial charge in [0.1, 0.15) is 5.75 Å². The van der Waals surface area contributed by atoms with Gasteiger partial charge in [-0.05, 0) is 66.6 Å². The summed E-state index contributed by atoms with van der Waals surface area (Å²) >= 11 is 0. The van der Waals surface area contributed by atoms with Crippen molar-refractivity contribution >= 4 is 17.6 Å². The molecule has 0 spiro atoms. The van der Waals surface area contributed by atoms with Crippen LogP contribution in [0, 0.1) is 6.92 Å². The number of nitrogens with zero attached hydrogens (tertiary/aromatic N) is 2. The van der Waals surface area contributed by atoms with E-state index in [2.05, 4.69) is 36.5 Å². The van der Waals surface area contributed by atoms with Gasteiger partial charge in [-0.3, -0.25) is 4.79 Å². The number of carbonyl (C=O) groups excluding carboxylic acids is 2. The lowest BCUT2D eigenvalue weighted by atomic mass is 9.87. The van der Waals surface area contributed by atoms with Gasteiger partial charge < -0.3 is 15.7 Å². The molecule has 212 valence electrons. The lowest BCUT2D eigenvalue weighted by molar-refractivity contribution is 0.102. The van der Waals surface area contributed by atoms with E-state index >= 15 is 0 Å². The molecule has 0 aliphatic heterocycles. The highest BCUT2D eigenvalue weighted by Gasteiger charge is 2.26. The summed E-state index contributed by atoms with van der Waals surface area (Å²) in [7, 11) is 0. The van der Waals surface area contributed by atoms with Gasteiger partial charge in [0, 0.05) is 35.3 Å². The Morgan fingerprint density at radius 1 is 0.976 bits per heavy atom. The van der Waals surface area contributed by atoms with E-state index in [0.717, 1.165) is 48.1 Å². The fourth-order valence-corrected chi connectivity index (χ4v) is 5.43. The monoisotopic (exact) mass is 550 g/mol. The van der Waals surface area contributed by atoms with E-state index < -0.39 is 0 Å². The number of aromatic nitrogens is 2. The molecule has 3 N–H and O–H groups in total. The van der Waals surface area contributed by atoms with Crippen LogP contribution in [0.15, 0.2) is 72.8 Å². The Morgan fingerprint density at radius 3 is 2.37 bits per heavy atom. The number of anilines is 1. The topological polar surface area (TPSA) is 96.3 Å². The molecule has 0 radical (unpaired) electrons. The third kappa shape index (κ3) is 6.51. The second-order valence-electron chi connectivity index (χ2n) is 12.0. The zero-order chi connectivity index (χ0) is 29.1. The van der Waals surface area contributed by atoms with Crippen LogP contribution in [0.2, 0.25) is 0 Å². The fourth-order valence-electron chi connectivity index (χ4n) is 5.43. The van der Waals surface area contributed by atoms with E-state index in [1.165, 1.54) is 10.7 Å². The maximum atomic E-state index is 13.3. The molecule has 4 aromatic rings. The summed E-state index contributed by atoms with van der Waals surface area (Å²) in [6.45, 7) is 8.81. The van der Waals surface area contributed by atoms with Crippen LogP contribution >= 0.6 is 0 Å². The number of carbonyl (C=O) groups is 2. The van der Waals surface area contributed by atoms with E-state index in [4.69, 9.17) is 0 Å². The summed E-state index contributed by atoms with van der Waals surface area (Å²) in [5.41, 5.74) is 6.20. The van der Waals surface area contributed by atoms with Crippen molar-refractivity contribution in [3.8, 4) is 17.0 Å². The lowest BCUT2D eigenvalue weighted by Crippen LogP contribution is -2.30. The minimum absolute atomic E-state index is 0.00291. The molecule has 1 heterocycles. The molecule has 7 heteroatoms. The number of hydrogen-bond donors (Lipinski definition) is 3. The van der Waals surface area contributed by atoms with Gasteiger partial charge in [0.25, 0.3) is 5.91 Å². The van der Waals surface area contributed by atoms with Crippen LogP contribution in [0.25, 0.3) is 11.3 Å².